The van der Waals surface area contributed by atoms with Crippen molar-refractivity contribution in [2.75, 3.05) is 38.6 Å². The third-order valence-electron chi connectivity index (χ3n) is 4.73. The number of anilines is 1. The number of piperazine rings is 1. The molecule has 0 amide bonds. The van der Waals surface area contributed by atoms with Crippen molar-refractivity contribution in [3.05, 3.63) is 29.8 Å². The average Bonchev–Trinajstić information content (AvgIpc) is 2.44. The molecule has 1 heterocycles. The molecule has 3 nitrogen and oxygen atoms in total. The predicted octanol–water partition coefficient (Wildman–Crippen LogP) is 2.89. The van der Waals surface area contributed by atoms with E-state index in [1.165, 1.54) is 11.3 Å². The van der Waals surface area contributed by atoms with Crippen LogP contribution in [0, 0.1) is 0 Å². The lowest BCUT2D eigenvalue weighted by molar-refractivity contribution is 0.138. The van der Waals surface area contributed by atoms with Crippen LogP contribution in [0.3, 0.4) is 0 Å². The highest BCUT2D eigenvalue weighted by atomic mass is 15.3. The summed E-state index contributed by atoms with van der Waals surface area (Å²) in [4.78, 5) is 5.01. The topological polar surface area (TPSA) is 18.5 Å². The maximum absolute atomic E-state index is 3.44. The zero-order valence-corrected chi connectivity index (χ0v) is 13.6. The van der Waals surface area contributed by atoms with E-state index in [4.69, 9.17) is 0 Å². The zero-order chi connectivity index (χ0) is 14.8. The Morgan fingerprint density at radius 3 is 2.55 bits per heavy atom. The molecule has 1 unspecified atom stereocenters. The molecule has 1 aliphatic rings. The minimum absolute atomic E-state index is 0.229. The van der Waals surface area contributed by atoms with Crippen molar-refractivity contribution in [2.45, 2.75) is 38.8 Å². The molecule has 0 aromatic heterocycles. The number of nitrogens with zero attached hydrogens (tertiary/aromatic N) is 2. The fourth-order valence-electron chi connectivity index (χ4n) is 3.10. The Balaban J connectivity index is 2.29. The van der Waals surface area contributed by atoms with E-state index in [0.29, 0.717) is 6.04 Å². The van der Waals surface area contributed by atoms with Crippen molar-refractivity contribution < 1.29 is 0 Å². The minimum Gasteiger partial charge on any atom is -0.368 e. The molecule has 0 saturated carbocycles. The highest BCUT2D eigenvalue weighted by Gasteiger charge is 2.32. The summed E-state index contributed by atoms with van der Waals surface area (Å²) in [6, 6.07) is 9.29. The van der Waals surface area contributed by atoms with E-state index in [-0.39, 0.29) is 5.54 Å². The van der Waals surface area contributed by atoms with Crippen LogP contribution < -0.4 is 10.2 Å². The largest absolute Gasteiger partial charge is 0.368 e. The SMILES string of the molecule is CCC(NC)c1ccccc1N1CCN(C)C(C)(C)C1. The second-order valence-corrected chi connectivity index (χ2v) is 6.46. The Morgan fingerprint density at radius 1 is 1.25 bits per heavy atom. The molecule has 112 valence electrons. The molecule has 0 radical (unpaired) electrons. The first kappa shape index (κ1) is 15.3. The standard InChI is InChI=1S/C17H29N3/c1-6-15(18-4)14-9-7-8-10-16(14)20-12-11-19(5)17(2,3)13-20/h7-10,15,18H,6,11-13H2,1-5H3. The first-order valence-electron chi connectivity index (χ1n) is 7.72. The van der Waals surface area contributed by atoms with Crippen LogP contribution in [0.2, 0.25) is 0 Å². The zero-order valence-electron chi connectivity index (χ0n) is 13.6. The number of para-hydroxylation sites is 1. The first-order chi connectivity index (χ1) is 9.49. The summed E-state index contributed by atoms with van der Waals surface area (Å²) in [6.07, 6.45) is 1.12. The van der Waals surface area contributed by atoms with E-state index in [9.17, 15) is 0 Å². The third kappa shape index (κ3) is 2.99. The highest BCUT2D eigenvalue weighted by Crippen LogP contribution is 2.31. The highest BCUT2D eigenvalue weighted by molar-refractivity contribution is 5.55. The molecule has 0 aliphatic carbocycles. The molecule has 1 N–H and O–H groups in total. The Kier molecular flexibility index (Phi) is 4.71. The van der Waals surface area contributed by atoms with Gasteiger partial charge in [-0.15, -0.1) is 0 Å². The lowest BCUT2D eigenvalue weighted by Gasteiger charge is -2.47. The van der Waals surface area contributed by atoms with E-state index >= 15 is 0 Å². The summed E-state index contributed by atoms with van der Waals surface area (Å²) in [5, 5.41) is 3.44. The van der Waals surface area contributed by atoms with E-state index in [1.807, 2.05) is 0 Å². The second kappa shape index (κ2) is 6.15. The summed E-state index contributed by atoms with van der Waals surface area (Å²) < 4.78 is 0. The molecule has 1 atom stereocenters. The number of nitrogens with one attached hydrogen (secondary N) is 1. The fourth-order valence-corrected chi connectivity index (χ4v) is 3.10. The molecule has 2 rings (SSSR count). The van der Waals surface area contributed by atoms with Gasteiger partial charge in [-0.2, -0.15) is 0 Å². The van der Waals surface area contributed by atoms with Crippen LogP contribution in [0.25, 0.3) is 0 Å². The third-order valence-corrected chi connectivity index (χ3v) is 4.73. The van der Waals surface area contributed by atoms with Crippen LogP contribution in [0.5, 0.6) is 0 Å². The van der Waals surface area contributed by atoms with Gasteiger partial charge in [0.15, 0.2) is 0 Å². The average molecular weight is 275 g/mol. The van der Waals surface area contributed by atoms with Crippen molar-refractivity contribution in [2.24, 2.45) is 0 Å². The van der Waals surface area contributed by atoms with Gasteiger partial charge in [-0.25, -0.2) is 0 Å². The lowest BCUT2D eigenvalue weighted by atomic mass is 9.96. The van der Waals surface area contributed by atoms with Gasteiger partial charge in [0.2, 0.25) is 0 Å². The van der Waals surface area contributed by atoms with Crippen molar-refractivity contribution in [1.82, 2.24) is 10.2 Å². The molecule has 1 aromatic carbocycles. The van der Waals surface area contributed by atoms with Crippen LogP contribution in [0.1, 0.15) is 38.8 Å². The summed E-state index contributed by atoms with van der Waals surface area (Å²) in [6.45, 7) is 10.2. The Morgan fingerprint density at radius 2 is 1.95 bits per heavy atom. The van der Waals surface area contributed by atoms with Gasteiger partial charge in [-0.05, 0) is 46.0 Å². The van der Waals surface area contributed by atoms with Gasteiger partial charge in [-0.1, -0.05) is 25.1 Å². The molecule has 1 fully saturated rings. The van der Waals surface area contributed by atoms with Crippen molar-refractivity contribution in [3.8, 4) is 0 Å². The predicted molar refractivity (Wildman–Crippen MR) is 87.5 cm³/mol. The van der Waals surface area contributed by atoms with E-state index < -0.39 is 0 Å². The summed E-state index contributed by atoms with van der Waals surface area (Å²) in [7, 11) is 4.28. The summed E-state index contributed by atoms with van der Waals surface area (Å²) in [5.74, 6) is 0. The molecule has 3 heteroatoms. The Hall–Kier alpha value is -1.06. The molecular weight excluding hydrogens is 246 g/mol. The number of hydrogen-bond donors (Lipinski definition) is 1. The van der Waals surface area contributed by atoms with Crippen LogP contribution in [-0.4, -0.2) is 44.2 Å². The lowest BCUT2D eigenvalue weighted by Crippen LogP contribution is -2.58. The first-order valence-corrected chi connectivity index (χ1v) is 7.72. The molecular formula is C17H29N3. The smallest absolute Gasteiger partial charge is 0.0415 e. The van der Waals surface area contributed by atoms with Gasteiger partial charge >= 0.3 is 0 Å². The van der Waals surface area contributed by atoms with Crippen molar-refractivity contribution in [1.29, 1.82) is 0 Å². The monoisotopic (exact) mass is 275 g/mol. The maximum Gasteiger partial charge on any atom is 0.0415 e. The second-order valence-electron chi connectivity index (χ2n) is 6.46. The minimum atomic E-state index is 0.229. The number of hydrogen-bond acceptors (Lipinski definition) is 3. The summed E-state index contributed by atoms with van der Waals surface area (Å²) in [5.41, 5.74) is 3.06. The molecule has 1 aromatic rings. The maximum atomic E-state index is 3.44. The van der Waals surface area contributed by atoms with Gasteiger partial charge in [0, 0.05) is 36.9 Å². The number of likely N-dealkylation sites (N-methyl/N-ethyl adjacent to an activating group) is 1. The van der Waals surface area contributed by atoms with Gasteiger partial charge < -0.3 is 10.2 Å². The van der Waals surface area contributed by atoms with Crippen LogP contribution in [-0.2, 0) is 0 Å². The van der Waals surface area contributed by atoms with Crippen molar-refractivity contribution >= 4 is 5.69 Å². The molecule has 20 heavy (non-hydrogen) atoms. The fraction of sp³-hybridized carbons (Fsp3) is 0.647. The van der Waals surface area contributed by atoms with Crippen LogP contribution in [0.4, 0.5) is 5.69 Å². The number of rotatable bonds is 4. The Bertz CT molecular complexity index is 438. The normalized spacial score (nSPS) is 20.9. The van der Waals surface area contributed by atoms with Crippen LogP contribution >= 0.6 is 0 Å². The van der Waals surface area contributed by atoms with E-state index in [2.05, 4.69) is 74.2 Å². The van der Waals surface area contributed by atoms with E-state index in [1.54, 1.807) is 0 Å². The van der Waals surface area contributed by atoms with Gasteiger partial charge in [0.1, 0.15) is 0 Å². The molecule has 0 bridgehead atoms. The molecule has 1 aliphatic heterocycles. The van der Waals surface area contributed by atoms with Gasteiger partial charge in [0.05, 0.1) is 0 Å². The molecule has 1 saturated heterocycles. The van der Waals surface area contributed by atoms with Gasteiger partial charge in [-0.3, -0.25) is 4.90 Å². The summed E-state index contributed by atoms with van der Waals surface area (Å²) >= 11 is 0. The number of benzene rings is 1. The van der Waals surface area contributed by atoms with Gasteiger partial charge in [0.25, 0.3) is 0 Å². The van der Waals surface area contributed by atoms with E-state index in [0.717, 1.165) is 26.1 Å². The van der Waals surface area contributed by atoms with Crippen molar-refractivity contribution in [3.63, 3.8) is 0 Å². The van der Waals surface area contributed by atoms with Crippen LogP contribution in [0.15, 0.2) is 24.3 Å². The Labute approximate surface area is 124 Å². The quantitative estimate of drug-likeness (QED) is 0.911. The molecule has 0 spiro atoms.